The standard InChI is InChI=1S/C11H18ClN3O/c1-11(2,16)7-15(3)10-9(12)8(6-13)4-5-14-10/h4-5,16H,6-7,13H2,1-3H3. The summed E-state index contributed by atoms with van der Waals surface area (Å²) >= 11 is 6.17. The minimum atomic E-state index is -0.793. The van der Waals surface area contributed by atoms with Crippen LogP contribution >= 0.6 is 11.6 Å². The quantitative estimate of drug-likeness (QED) is 0.839. The van der Waals surface area contributed by atoms with Crippen molar-refractivity contribution in [1.82, 2.24) is 4.98 Å². The molecular formula is C11H18ClN3O. The van der Waals surface area contributed by atoms with Gasteiger partial charge in [-0.1, -0.05) is 11.6 Å². The van der Waals surface area contributed by atoms with Gasteiger partial charge in [-0.2, -0.15) is 0 Å². The predicted octanol–water partition coefficient (Wildman–Crippen LogP) is 1.40. The van der Waals surface area contributed by atoms with Gasteiger partial charge in [-0.25, -0.2) is 4.98 Å². The van der Waals surface area contributed by atoms with Crippen molar-refractivity contribution in [3.05, 3.63) is 22.8 Å². The molecule has 0 aliphatic carbocycles. The van der Waals surface area contributed by atoms with Crippen LogP contribution in [-0.4, -0.2) is 29.3 Å². The zero-order valence-electron chi connectivity index (χ0n) is 9.87. The lowest BCUT2D eigenvalue weighted by molar-refractivity contribution is 0.0884. The molecule has 0 amide bonds. The molecule has 0 radical (unpaired) electrons. The smallest absolute Gasteiger partial charge is 0.147 e. The van der Waals surface area contributed by atoms with E-state index in [2.05, 4.69) is 4.98 Å². The fraction of sp³-hybridized carbons (Fsp3) is 0.545. The van der Waals surface area contributed by atoms with E-state index in [1.165, 1.54) is 0 Å². The van der Waals surface area contributed by atoms with Crippen LogP contribution in [0.1, 0.15) is 19.4 Å². The Hall–Kier alpha value is -0.840. The van der Waals surface area contributed by atoms with Gasteiger partial charge in [-0.3, -0.25) is 0 Å². The molecule has 1 heterocycles. The number of aliphatic hydroxyl groups is 1. The summed E-state index contributed by atoms with van der Waals surface area (Å²) in [5.74, 6) is 0.645. The first kappa shape index (κ1) is 13.2. The maximum Gasteiger partial charge on any atom is 0.147 e. The van der Waals surface area contributed by atoms with Crippen LogP contribution in [0.3, 0.4) is 0 Å². The Morgan fingerprint density at radius 1 is 1.56 bits per heavy atom. The Kier molecular flexibility index (Phi) is 4.13. The van der Waals surface area contributed by atoms with Crippen molar-refractivity contribution in [2.45, 2.75) is 26.0 Å². The zero-order valence-corrected chi connectivity index (χ0v) is 10.6. The summed E-state index contributed by atoms with van der Waals surface area (Å²) in [4.78, 5) is 6.02. The molecule has 1 rings (SSSR count). The van der Waals surface area contributed by atoms with Crippen molar-refractivity contribution in [3.8, 4) is 0 Å². The number of likely N-dealkylation sites (N-methyl/N-ethyl adjacent to an activating group) is 1. The maximum absolute atomic E-state index is 9.73. The van der Waals surface area contributed by atoms with Crippen molar-refractivity contribution >= 4 is 17.4 Å². The summed E-state index contributed by atoms with van der Waals surface area (Å²) in [5.41, 5.74) is 5.63. The molecule has 90 valence electrons. The normalized spacial score (nSPS) is 11.6. The number of halogens is 1. The molecule has 5 heteroatoms. The molecule has 0 spiro atoms. The van der Waals surface area contributed by atoms with Crippen molar-refractivity contribution in [3.63, 3.8) is 0 Å². The lowest BCUT2D eigenvalue weighted by Gasteiger charge is -2.27. The summed E-state index contributed by atoms with van der Waals surface area (Å²) in [6, 6.07) is 1.80. The van der Waals surface area contributed by atoms with Crippen LogP contribution < -0.4 is 10.6 Å². The van der Waals surface area contributed by atoms with Gasteiger partial charge in [-0.15, -0.1) is 0 Å². The number of pyridine rings is 1. The highest BCUT2D eigenvalue weighted by Crippen LogP contribution is 2.26. The summed E-state index contributed by atoms with van der Waals surface area (Å²) in [7, 11) is 1.84. The van der Waals surface area contributed by atoms with E-state index in [1.54, 1.807) is 26.1 Å². The minimum absolute atomic E-state index is 0.380. The highest BCUT2D eigenvalue weighted by Gasteiger charge is 2.19. The second kappa shape index (κ2) is 4.99. The molecule has 0 aliphatic rings. The average molecular weight is 244 g/mol. The zero-order chi connectivity index (χ0) is 12.3. The fourth-order valence-corrected chi connectivity index (χ4v) is 1.88. The van der Waals surface area contributed by atoms with Gasteiger partial charge < -0.3 is 15.7 Å². The van der Waals surface area contributed by atoms with Gasteiger partial charge in [0.05, 0.1) is 10.6 Å². The molecule has 0 unspecified atom stereocenters. The Morgan fingerprint density at radius 2 is 2.19 bits per heavy atom. The first-order valence-electron chi connectivity index (χ1n) is 5.12. The lowest BCUT2D eigenvalue weighted by atomic mass is 10.1. The van der Waals surface area contributed by atoms with Crippen LogP contribution in [0.15, 0.2) is 12.3 Å². The molecular weight excluding hydrogens is 226 g/mol. The average Bonchev–Trinajstić information content (AvgIpc) is 2.15. The number of aromatic nitrogens is 1. The molecule has 0 aliphatic heterocycles. The molecule has 0 saturated heterocycles. The van der Waals surface area contributed by atoms with Crippen molar-refractivity contribution in [2.75, 3.05) is 18.5 Å². The third-order valence-electron chi connectivity index (χ3n) is 2.16. The van der Waals surface area contributed by atoms with Crippen molar-refractivity contribution in [1.29, 1.82) is 0 Å². The van der Waals surface area contributed by atoms with Gasteiger partial charge in [-0.05, 0) is 25.5 Å². The van der Waals surface area contributed by atoms with E-state index in [4.69, 9.17) is 17.3 Å². The van der Waals surface area contributed by atoms with E-state index in [0.717, 1.165) is 5.56 Å². The molecule has 0 fully saturated rings. The van der Waals surface area contributed by atoms with E-state index in [-0.39, 0.29) is 0 Å². The third-order valence-corrected chi connectivity index (χ3v) is 2.57. The molecule has 1 aromatic heterocycles. The second-order valence-electron chi connectivity index (χ2n) is 4.48. The predicted molar refractivity (Wildman–Crippen MR) is 66.7 cm³/mol. The lowest BCUT2D eigenvalue weighted by Crippen LogP contribution is -2.36. The van der Waals surface area contributed by atoms with Crippen LogP contribution in [0.4, 0.5) is 5.82 Å². The first-order valence-corrected chi connectivity index (χ1v) is 5.50. The van der Waals surface area contributed by atoms with Gasteiger partial charge in [0.2, 0.25) is 0 Å². The van der Waals surface area contributed by atoms with Crippen molar-refractivity contribution < 1.29 is 5.11 Å². The molecule has 1 aromatic rings. The molecule has 0 atom stereocenters. The topological polar surface area (TPSA) is 62.4 Å². The Labute approximate surface area is 101 Å². The fourth-order valence-electron chi connectivity index (χ4n) is 1.55. The number of rotatable bonds is 4. The molecule has 0 aromatic carbocycles. The summed E-state index contributed by atoms with van der Waals surface area (Å²) < 4.78 is 0. The highest BCUT2D eigenvalue weighted by atomic mass is 35.5. The minimum Gasteiger partial charge on any atom is -0.389 e. The molecule has 4 nitrogen and oxygen atoms in total. The third kappa shape index (κ3) is 3.33. The van der Waals surface area contributed by atoms with E-state index < -0.39 is 5.60 Å². The Morgan fingerprint density at radius 3 is 2.69 bits per heavy atom. The van der Waals surface area contributed by atoms with Gasteiger partial charge in [0, 0.05) is 26.3 Å². The van der Waals surface area contributed by atoms with Gasteiger partial charge >= 0.3 is 0 Å². The van der Waals surface area contributed by atoms with Crippen molar-refractivity contribution in [2.24, 2.45) is 5.73 Å². The van der Waals surface area contributed by atoms with E-state index >= 15 is 0 Å². The number of hydrogen-bond acceptors (Lipinski definition) is 4. The largest absolute Gasteiger partial charge is 0.389 e. The molecule has 0 bridgehead atoms. The van der Waals surface area contributed by atoms with Crippen LogP contribution in [0, 0.1) is 0 Å². The van der Waals surface area contributed by atoms with Crippen LogP contribution in [0.25, 0.3) is 0 Å². The molecule has 3 N–H and O–H groups in total. The molecule has 16 heavy (non-hydrogen) atoms. The van der Waals surface area contributed by atoms with E-state index in [1.807, 2.05) is 11.9 Å². The second-order valence-corrected chi connectivity index (χ2v) is 4.86. The number of nitrogens with zero attached hydrogens (tertiary/aromatic N) is 2. The van der Waals surface area contributed by atoms with Crippen LogP contribution in [0.5, 0.6) is 0 Å². The van der Waals surface area contributed by atoms with E-state index in [9.17, 15) is 5.11 Å². The van der Waals surface area contributed by atoms with Gasteiger partial charge in [0.25, 0.3) is 0 Å². The van der Waals surface area contributed by atoms with E-state index in [0.29, 0.717) is 23.9 Å². The molecule has 0 saturated carbocycles. The summed E-state index contributed by atoms with van der Waals surface area (Å²) in [6.45, 7) is 4.31. The van der Waals surface area contributed by atoms with Gasteiger partial charge in [0.15, 0.2) is 0 Å². The first-order chi connectivity index (χ1) is 7.35. The number of nitrogens with two attached hydrogens (primary N) is 1. The monoisotopic (exact) mass is 243 g/mol. The van der Waals surface area contributed by atoms with Crippen LogP contribution in [0.2, 0.25) is 5.02 Å². The maximum atomic E-state index is 9.73. The highest BCUT2D eigenvalue weighted by molar-refractivity contribution is 6.33. The number of hydrogen-bond donors (Lipinski definition) is 2. The number of anilines is 1. The SMILES string of the molecule is CN(CC(C)(C)O)c1nccc(CN)c1Cl. The Bertz CT molecular complexity index is 363. The van der Waals surface area contributed by atoms with Gasteiger partial charge in [0.1, 0.15) is 5.82 Å². The Balaban J connectivity index is 2.95. The van der Waals surface area contributed by atoms with Crippen LogP contribution in [-0.2, 0) is 6.54 Å². The summed E-state index contributed by atoms with van der Waals surface area (Å²) in [6.07, 6.45) is 1.67. The summed E-state index contributed by atoms with van der Waals surface area (Å²) in [5, 5.41) is 10.3.